The van der Waals surface area contributed by atoms with Crippen LogP contribution in [-0.4, -0.2) is 32.8 Å². The standard InChI is InChI=1S/C12H7N3O4/c1-6(16)19-15-11(17)9-10(12(15)18)14-8-5-3-2-4-7(8)13-9/h2-5H,1H3. The van der Waals surface area contributed by atoms with Gasteiger partial charge in [-0.1, -0.05) is 17.2 Å². The molecule has 7 nitrogen and oxygen atoms in total. The van der Waals surface area contributed by atoms with Crippen LogP contribution >= 0.6 is 0 Å². The molecule has 94 valence electrons. The molecular weight excluding hydrogens is 250 g/mol. The molecule has 1 aliphatic rings. The molecular formula is C12H7N3O4. The quantitative estimate of drug-likeness (QED) is 0.699. The van der Waals surface area contributed by atoms with Crippen molar-refractivity contribution in [2.75, 3.05) is 0 Å². The Hall–Kier alpha value is -2.83. The zero-order valence-corrected chi connectivity index (χ0v) is 9.78. The Morgan fingerprint density at radius 3 is 1.95 bits per heavy atom. The van der Waals surface area contributed by atoms with Gasteiger partial charge in [0.2, 0.25) is 0 Å². The van der Waals surface area contributed by atoms with Gasteiger partial charge >= 0.3 is 17.8 Å². The summed E-state index contributed by atoms with van der Waals surface area (Å²) in [7, 11) is 0. The van der Waals surface area contributed by atoms with Crippen LogP contribution in [0.3, 0.4) is 0 Å². The molecule has 2 amide bonds. The number of hydroxylamine groups is 2. The molecule has 1 aromatic carbocycles. The van der Waals surface area contributed by atoms with E-state index in [1.165, 1.54) is 0 Å². The second kappa shape index (κ2) is 3.84. The van der Waals surface area contributed by atoms with Crippen molar-refractivity contribution in [2.45, 2.75) is 6.92 Å². The van der Waals surface area contributed by atoms with E-state index >= 15 is 0 Å². The first kappa shape index (κ1) is 11.3. The van der Waals surface area contributed by atoms with Gasteiger partial charge in [0.05, 0.1) is 11.0 Å². The minimum absolute atomic E-state index is 0.107. The molecule has 2 heterocycles. The molecule has 0 spiro atoms. The van der Waals surface area contributed by atoms with E-state index in [0.717, 1.165) is 6.92 Å². The highest BCUT2D eigenvalue weighted by molar-refractivity contribution is 6.19. The summed E-state index contributed by atoms with van der Waals surface area (Å²) in [6, 6.07) is 6.84. The third kappa shape index (κ3) is 1.63. The Labute approximate surface area is 106 Å². The number of para-hydroxylation sites is 2. The lowest BCUT2D eigenvalue weighted by Crippen LogP contribution is -2.32. The minimum Gasteiger partial charge on any atom is -0.330 e. The lowest BCUT2D eigenvalue weighted by atomic mass is 10.2. The van der Waals surface area contributed by atoms with Gasteiger partial charge in [0.15, 0.2) is 11.4 Å². The number of rotatable bonds is 1. The Morgan fingerprint density at radius 1 is 1.05 bits per heavy atom. The van der Waals surface area contributed by atoms with Gasteiger partial charge in [0.25, 0.3) is 0 Å². The highest BCUT2D eigenvalue weighted by atomic mass is 16.7. The predicted octanol–water partition coefficient (Wildman–Crippen LogP) is 0.704. The number of benzene rings is 1. The third-order valence-corrected chi connectivity index (χ3v) is 2.56. The van der Waals surface area contributed by atoms with Gasteiger partial charge in [-0.2, -0.15) is 0 Å². The molecule has 3 rings (SSSR count). The highest BCUT2D eigenvalue weighted by Crippen LogP contribution is 2.22. The van der Waals surface area contributed by atoms with E-state index in [0.29, 0.717) is 16.1 Å². The Morgan fingerprint density at radius 2 is 1.53 bits per heavy atom. The van der Waals surface area contributed by atoms with E-state index in [1.807, 2.05) is 0 Å². The van der Waals surface area contributed by atoms with Crippen LogP contribution in [0.4, 0.5) is 0 Å². The largest absolute Gasteiger partial charge is 0.330 e. The number of imide groups is 1. The van der Waals surface area contributed by atoms with E-state index in [2.05, 4.69) is 14.8 Å². The molecule has 1 aromatic heterocycles. The van der Waals surface area contributed by atoms with Gasteiger partial charge in [0.1, 0.15) is 0 Å². The maximum atomic E-state index is 11.9. The van der Waals surface area contributed by atoms with Crippen molar-refractivity contribution < 1.29 is 19.2 Å². The smallest absolute Gasteiger partial charge is 0.330 e. The summed E-state index contributed by atoms with van der Waals surface area (Å²) in [6.07, 6.45) is 0. The molecule has 0 N–H and O–H groups in total. The summed E-state index contributed by atoms with van der Waals surface area (Å²) in [6.45, 7) is 1.10. The van der Waals surface area contributed by atoms with Crippen molar-refractivity contribution >= 4 is 28.8 Å². The Balaban J connectivity index is 2.16. The highest BCUT2D eigenvalue weighted by Gasteiger charge is 2.41. The zero-order valence-electron chi connectivity index (χ0n) is 9.78. The fraction of sp³-hybridized carbons (Fsp3) is 0.0833. The number of nitrogens with zero attached hydrogens (tertiary/aromatic N) is 3. The molecule has 0 unspecified atom stereocenters. The molecule has 0 bridgehead atoms. The molecule has 0 atom stereocenters. The number of fused-ring (bicyclic) bond motifs is 2. The van der Waals surface area contributed by atoms with Crippen LogP contribution in [-0.2, 0) is 9.63 Å². The lowest BCUT2D eigenvalue weighted by Gasteiger charge is -2.09. The fourth-order valence-corrected chi connectivity index (χ4v) is 1.79. The van der Waals surface area contributed by atoms with Crippen LogP contribution in [0, 0.1) is 0 Å². The molecule has 2 aromatic rings. The number of aromatic nitrogens is 2. The SMILES string of the molecule is CC(=O)ON1C(=O)c2nc3ccccc3nc2C1=O. The van der Waals surface area contributed by atoms with Crippen LogP contribution in [0.1, 0.15) is 27.9 Å². The van der Waals surface area contributed by atoms with Crippen LogP contribution in [0.25, 0.3) is 11.0 Å². The van der Waals surface area contributed by atoms with Crippen LogP contribution in [0.2, 0.25) is 0 Å². The van der Waals surface area contributed by atoms with Crippen molar-refractivity contribution in [3.8, 4) is 0 Å². The number of amides is 2. The topological polar surface area (TPSA) is 89.5 Å². The van der Waals surface area contributed by atoms with Gasteiger partial charge in [0, 0.05) is 6.92 Å². The van der Waals surface area contributed by atoms with E-state index in [4.69, 9.17) is 0 Å². The van der Waals surface area contributed by atoms with Crippen LogP contribution < -0.4 is 0 Å². The van der Waals surface area contributed by atoms with Crippen molar-refractivity contribution in [1.82, 2.24) is 15.0 Å². The summed E-state index contributed by atoms with van der Waals surface area (Å²) in [5.41, 5.74) is 0.772. The van der Waals surface area contributed by atoms with Gasteiger partial charge < -0.3 is 4.84 Å². The predicted molar refractivity (Wildman–Crippen MR) is 61.8 cm³/mol. The molecule has 1 aliphatic heterocycles. The molecule has 0 radical (unpaired) electrons. The maximum Gasteiger partial charge on any atom is 0.330 e. The molecule has 7 heteroatoms. The molecule has 0 saturated carbocycles. The van der Waals surface area contributed by atoms with Crippen molar-refractivity contribution in [1.29, 1.82) is 0 Å². The number of carbonyl (C=O) groups excluding carboxylic acids is 3. The molecule has 19 heavy (non-hydrogen) atoms. The van der Waals surface area contributed by atoms with E-state index in [-0.39, 0.29) is 11.4 Å². The number of hydrogen-bond donors (Lipinski definition) is 0. The zero-order chi connectivity index (χ0) is 13.6. The van der Waals surface area contributed by atoms with E-state index < -0.39 is 17.8 Å². The summed E-state index contributed by atoms with van der Waals surface area (Å²) >= 11 is 0. The fourth-order valence-electron chi connectivity index (χ4n) is 1.79. The maximum absolute atomic E-state index is 11.9. The number of carbonyl (C=O) groups is 3. The molecule has 0 aliphatic carbocycles. The monoisotopic (exact) mass is 257 g/mol. The summed E-state index contributed by atoms with van der Waals surface area (Å²) in [5, 5.41) is 0.381. The Bertz CT molecular complexity index is 686. The first-order chi connectivity index (χ1) is 9.08. The average Bonchev–Trinajstić information content (AvgIpc) is 2.61. The van der Waals surface area contributed by atoms with Crippen molar-refractivity contribution in [3.63, 3.8) is 0 Å². The van der Waals surface area contributed by atoms with Crippen LogP contribution in [0.5, 0.6) is 0 Å². The summed E-state index contributed by atoms with van der Waals surface area (Å²) in [4.78, 5) is 47.4. The number of hydrogen-bond acceptors (Lipinski definition) is 6. The minimum atomic E-state index is -0.784. The first-order valence-electron chi connectivity index (χ1n) is 5.42. The summed E-state index contributed by atoms with van der Waals surface area (Å²) < 4.78 is 0. The van der Waals surface area contributed by atoms with Gasteiger partial charge in [-0.05, 0) is 12.1 Å². The molecule has 0 saturated heterocycles. The second-order valence-corrected chi connectivity index (χ2v) is 3.90. The van der Waals surface area contributed by atoms with E-state index in [1.54, 1.807) is 24.3 Å². The first-order valence-corrected chi connectivity index (χ1v) is 5.42. The normalized spacial score (nSPS) is 13.8. The Kier molecular flexibility index (Phi) is 2.28. The third-order valence-electron chi connectivity index (χ3n) is 2.56. The average molecular weight is 257 g/mol. The van der Waals surface area contributed by atoms with Gasteiger partial charge in [-0.15, -0.1) is 0 Å². The molecule has 0 fully saturated rings. The van der Waals surface area contributed by atoms with Crippen molar-refractivity contribution in [2.24, 2.45) is 0 Å². The van der Waals surface area contributed by atoms with Crippen molar-refractivity contribution in [3.05, 3.63) is 35.7 Å². The second-order valence-electron chi connectivity index (χ2n) is 3.90. The summed E-state index contributed by atoms with van der Waals surface area (Å²) in [5.74, 6) is -2.33. The van der Waals surface area contributed by atoms with Gasteiger partial charge in [-0.25, -0.2) is 14.8 Å². The van der Waals surface area contributed by atoms with E-state index in [9.17, 15) is 14.4 Å². The van der Waals surface area contributed by atoms with Gasteiger partial charge in [-0.3, -0.25) is 9.59 Å². The lowest BCUT2D eigenvalue weighted by molar-refractivity contribution is -0.165. The van der Waals surface area contributed by atoms with Crippen LogP contribution in [0.15, 0.2) is 24.3 Å².